The van der Waals surface area contributed by atoms with Gasteiger partial charge < -0.3 is 14.8 Å². The van der Waals surface area contributed by atoms with Crippen molar-refractivity contribution in [1.29, 1.82) is 0 Å². The molecule has 1 N–H and O–H groups in total. The number of aromatic nitrogens is 2. The van der Waals surface area contributed by atoms with Crippen LogP contribution >= 0.6 is 0 Å². The topological polar surface area (TPSA) is 48.3 Å². The molecule has 0 atom stereocenters. The fourth-order valence-electron chi connectivity index (χ4n) is 3.02. The van der Waals surface area contributed by atoms with E-state index in [1.807, 2.05) is 17.9 Å². The second-order valence-corrected chi connectivity index (χ2v) is 5.64. The van der Waals surface area contributed by atoms with Crippen LogP contribution in [0.25, 0.3) is 0 Å². The van der Waals surface area contributed by atoms with Crippen LogP contribution in [0, 0.1) is 6.92 Å². The molecule has 0 unspecified atom stereocenters. The summed E-state index contributed by atoms with van der Waals surface area (Å²) in [5.41, 5.74) is 2.53. The van der Waals surface area contributed by atoms with E-state index in [0.29, 0.717) is 6.04 Å². The molecule has 1 saturated carbocycles. The molecule has 2 fully saturated rings. The lowest BCUT2D eigenvalue weighted by atomic mass is 9.90. The highest BCUT2D eigenvalue weighted by Crippen LogP contribution is 2.35. The molecule has 2 aliphatic rings. The van der Waals surface area contributed by atoms with Crippen LogP contribution in [0.1, 0.15) is 36.9 Å². The first kappa shape index (κ1) is 13.1. The maximum atomic E-state index is 5.75. The highest BCUT2D eigenvalue weighted by molar-refractivity contribution is 5.15. The van der Waals surface area contributed by atoms with Crippen molar-refractivity contribution >= 4 is 0 Å². The monoisotopic (exact) mass is 265 g/mol. The summed E-state index contributed by atoms with van der Waals surface area (Å²) >= 11 is 0. The fourth-order valence-corrected chi connectivity index (χ4v) is 3.02. The average Bonchev–Trinajstić information content (AvgIpc) is 3.00. The quantitative estimate of drug-likeness (QED) is 0.900. The summed E-state index contributed by atoms with van der Waals surface area (Å²) in [7, 11) is 1.98. The van der Waals surface area contributed by atoms with E-state index in [-0.39, 0.29) is 5.79 Å². The molecule has 1 aromatic heterocycles. The van der Waals surface area contributed by atoms with Gasteiger partial charge in [-0.3, -0.25) is 4.68 Å². The predicted molar refractivity (Wildman–Crippen MR) is 71.7 cm³/mol. The summed E-state index contributed by atoms with van der Waals surface area (Å²) in [5.74, 6) is -0.248. The first-order valence-corrected chi connectivity index (χ1v) is 7.17. The van der Waals surface area contributed by atoms with Gasteiger partial charge in [0.1, 0.15) is 0 Å². The van der Waals surface area contributed by atoms with Crippen molar-refractivity contribution in [3.8, 4) is 0 Å². The van der Waals surface area contributed by atoms with E-state index in [9.17, 15) is 0 Å². The molecule has 1 aliphatic heterocycles. The molecule has 1 spiro atoms. The van der Waals surface area contributed by atoms with Crippen LogP contribution in [-0.4, -0.2) is 34.8 Å². The largest absolute Gasteiger partial charge is 0.348 e. The summed E-state index contributed by atoms with van der Waals surface area (Å²) in [5, 5.41) is 7.91. The fraction of sp³-hybridized carbons (Fsp3) is 0.786. The van der Waals surface area contributed by atoms with Crippen LogP contribution in [0.2, 0.25) is 0 Å². The van der Waals surface area contributed by atoms with Crippen molar-refractivity contribution in [2.45, 2.75) is 51.0 Å². The van der Waals surface area contributed by atoms with Crippen molar-refractivity contribution in [3.05, 3.63) is 17.5 Å². The Bertz CT molecular complexity index is 428. The molecule has 106 valence electrons. The van der Waals surface area contributed by atoms with Gasteiger partial charge in [-0.2, -0.15) is 5.10 Å². The van der Waals surface area contributed by atoms with Gasteiger partial charge in [-0.15, -0.1) is 0 Å². The highest BCUT2D eigenvalue weighted by atomic mass is 16.7. The van der Waals surface area contributed by atoms with Gasteiger partial charge in [0.15, 0.2) is 5.79 Å². The molecule has 5 heteroatoms. The van der Waals surface area contributed by atoms with Crippen LogP contribution in [0.5, 0.6) is 0 Å². The Morgan fingerprint density at radius 2 is 2.05 bits per heavy atom. The molecule has 3 rings (SSSR count). The summed E-state index contributed by atoms with van der Waals surface area (Å²) < 4.78 is 13.4. The minimum absolute atomic E-state index is 0.248. The van der Waals surface area contributed by atoms with Crippen LogP contribution in [0.15, 0.2) is 6.20 Å². The van der Waals surface area contributed by atoms with E-state index in [2.05, 4.69) is 17.3 Å². The van der Waals surface area contributed by atoms with E-state index >= 15 is 0 Å². The number of nitrogens with one attached hydrogen (secondary N) is 1. The molecule has 1 aromatic rings. The van der Waals surface area contributed by atoms with Gasteiger partial charge >= 0.3 is 0 Å². The Balaban J connectivity index is 1.49. The van der Waals surface area contributed by atoms with Crippen LogP contribution in [-0.2, 0) is 23.1 Å². The Morgan fingerprint density at radius 1 is 1.37 bits per heavy atom. The number of hydrogen-bond donors (Lipinski definition) is 1. The van der Waals surface area contributed by atoms with Crippen molar-refractivity contribution in [2.75, 3.05) is 13.2 Å². The molecule has 0 amide bonds. The van der Waals surface area contributed by atoms with Crippen molar-refractivity contribution in [2.24, 2.45) is 7.05 Å². The summed E-state index contributed by atoms with van der Waals surface area (Å²) in [6.45, 7) is 4.53. The maximum absolute atomic E-state index is 5.75. The molecule has 0 aromatic carbocycles. The molecule has 0 radical (unpaired) electrons. The van der Waals surface area contributed by atoms with E-state index in [0.717, 1.165) is 45.4 Å². The smallest absolute Gasteiger partial charge is 0.168 e. The SMILES string of the molecule is Cc1c(CNC2CCC3(CC2)OCCO3)cnn1C. The number of rotatable bonds is 3. The number of aryl methyl sites for hydroxylation is 1. The molecule has 2 heterocycles. The third kappa shape index (κ3) is 2.68. The number of nitrogens with zero attached hydrogens (tertiary/aromatic N) is 2. The maximum Gasteiger partial charge on any atom is 0.168 e. The molecule has 1 saturated heterocycles. The molecule has 0 bridgehead atoms. The zero-order valence-electron chi connectivity index (χ0n) is 11.8. The third-order valence-corrected chi connectivity index (χ3v) is 4.48. The minimum atomic E-state index is -0.248. The van der Waals surface area contributed by atoms with Gasteiger partial charge in [0, 0.05) is 43.7 Å². The minimum Gasteiger partial charge on any atom is -0.348 e. The average molecular weight is 265 g/mol. The summed E-state index contributed by atoms with van der Waals surface area (Å²) in [4.78, 5) is 0. The number of hydrogen-bond acceptors (Lipinski definition) is 4. The molecule has 5 nitrogen and oxygen atoms in total. The van der Waals surface area contributed by atoms with Crippen molar-refractivity contribution < 1.29 is 9.47 Å². The zero-order valence-corrected chi connectivity index (χ0v) is 11.8. The normalized spacial score (nSPS) is 23.3. The molecular weight excluding hydrogens is 242 g/mol. The van der Waals surface area contributed by atoms with Gasteiger partial charge in [-0.25, -0.2) is 0 Å². The predicted octanol–water partition coefficient (Wildman–Crippen LogP) is 1.50. The zero-order chi connectivity index (χ0) is 13.3. The summed E-state index contributed by atoms with van der Waals surface area (Å²) in [6, 6.07) is 0.568. The van der Waals surface area contributed by atoms with Gasteiger partial charge in [0.2, 0.25) is 0 Å². The van der Waals surface area contributed by atoms with E-state index in [1.165, 1.54) is 11.3 Å². The van der Waals surface area contributed by atoms with Crippen LogP contribution in [0.4, 0.5) is 0 Å². The molecular formula is C14H23N3O2. The Kier molecular flexibility index (Phi) is 3.60. The number of ether oxygens (including phenoxy) is 2. The summed E-state index contributed by atoms with van der Waals surface area (Å²) in [6.07, 6.45) is 6.22. The van der Waals surface area contributed by atoms with Gasteiger partial charge in [-0.1, -0.05) is 0 Å². The van der Waals surface area contributed by atoms with Crippen molar-refractivity contribution in [1.82, 2.24) is 15.1 Å². The van der Waals surface area contributed by atoms with Gasteiger partial charge in [0.25, 0.3) is 0 Å². The highest BCUT2D eigenvalue weighted by Gasteiger charge is 2.40. The lowest BCUT2D eigenvalue weighted by Crippen LogP contribution is -2.41. The van der Waals surface area contributed by atoms with Crippen molar-refractivity contribution in [3.63, 3.8) is 0 Å². The van der Waals surface area contributed by atoms with Gasteiger partial charge in [-0.05, 0) is 19.8 Å². The van der Waals surface area contributed by atoms with E-state index in [1.54, 1.807) is 0 Å². The van der Waals surface area contributed by atoms with Crippen LogP contribution < -0.4 is 5.32 Å². The lowest BCUT2D eigenvalue weighted by molar-refractivity contribution is -0.179. The standard InChI is InChI=1S/C14H23N3O2/c1-11-12(10-16-17(11)2)9-15-13-3-5-14(6-4-13)18-7-8-19-14/h10,13,15H,3-9H2,1-2H3. The molecule has 1 aliphatic carbocycles. The Morgan fingerprint density at radius 3 is 2.63 bits per heavy atom. The molecule has 19 heavy (non-hydrogen) atoms. The second-order valence-electron chi connectivity index (χ2n) is 5.64. The first-order chi connectivity index (χ1) is 9.19. The lowest BCUT2D eigenvalue weighted by Gasteiger charge is -2.35. The van der Waals surface area contributed by atoms with Crippen LogP contribution in [0.3, 0.4) is 0 Å². The first-order valence-electron chi connectivity index (χ1n) is 7.17. The van der Waals surface area contributed by atoms with E-state index in [4.69, 9.17) is 9.47 Å². The Labute approximate surface area is 114 Å². The second kappa shape index (κ2) is 5.23. The van der Waals surface area contributed by atoms with E-state index < -0.39 is 0 Å². The Hall–Kier alpha value is -0.910. The third-order valence-electron chi connectivity index (χ3n) is 4.48. The van der Waals surface area contributed by atoms with Gasteiger partial charge in [0.05, 0.1) is 19.4 Å².